The van der Waals surface area contributed by atoms with Crippen LogP contribution in [-0.4, -0.2) is 18.5 Å². The van der Waals surface area contributed by atoms with Crippen molar-refractivity contribution in [1.29, 1.82) is 0 Å². The topological polar surface area (TPSA) is 55.4 Å². The summed E-state index contributed by atoms with van der Waals surface area (Å²) < 4.78 is 5.33. The molecule has 162 valence electrons. The summed E-state index contributed by atoms with van der Waals surface area (Å²) in [5.74, 6) is -0.703. The highest BCUT2D eigenvalue weighted by atomic mass is 32.1. The summed E-state index contributed by atoms with van der Waals surface area (Å²) >= 11 is 1.33. The second-order valence-electron chi connectivity index (χ2n) is 7.59. The van der Waals surface area contributed by atoms with Gasteiger partial charge in [0.25, 0.3) is 5.91 Å². The van der Waals surface area contributed by atoms with E-state index in [2.05, 4.69) is 11.4 Å². The number of benzene rings is 4. The molecule has 0 unspecified atom stereocenters. The highest BCUT2D eigenvalue weighted by molar-refractivity contribution is 7.15. The number of hydrogen-bond acceptors (Lipinski definition) is 4. The molecule has 0 radical (unpaired) electrons. The Hall–Kier alpha value is -3.96. The van der Waals surface area contributed by atoms with Crippen molar-refractivity contribution in [3.8, 4) is 11.1 Å². The van der Waals surface area contributed by atoms with E-state index < -0.39 is 5.97 Å². The highest BCUT2D eigenvalue weighted by Gasteiger charge is 2.24. The van der Waals surface area contributed by atoms with Gasteiger partial charge >= 0.3 is 5.97 Å². The van der Waals surface area contributed by atoms with Gasteiger partial charge in [0.1, 0.15) is 10.6 Å². The van der Waals surface area contributed by atoms with Crippen LogP contribution in [0.1, 0.15) is 27.6 Å². The minimum Gasteiger partial charge on any atom is -0.462 e. The molecular formula is C28H21NO3S. The van der Waals surface area contributed by atoms with E-state index in [0.717, 1.165) is 32.7 Å². The first-order valence-corrected chi connectivity index (χ1v) is 11.6. The lowest BCUT2D eigenvalue weighted by atomic mass is 9.96. The molecule has 4 nitrogen and oxygen atoms in total. The normalized spacial score (nSPS) is 10.9. The molecule has 0 saturated heterocycles. The second kappa shape index (κ2) is 8.88. The highest BCUT2D eigenvalue weighted by Crippen LogP contribution is 2.37. The Morgan fingerprint density at radius 3 is 2.06 bits per heavy atom. The molecule has 0 atom stereocenters. The molecule has 1 amide bonds. The molecule has 1 N–H and O–H groups in total. The van der Waals surface area contributed by atoms with Crippen molar-refractivity contribution in [2.75, 3.05) is 11.9 Å². The van der Waals surface area contributed by atoms with Crippen LogP contribution in [-0.2, 0) is 4.74 Å². The quantitative estimate of drug-likeness (QED) is 0.228. The number of rotatable bonds is 5. The fourth-order valence-corrected chi connectivity index (χ4v) is 5.06. The lowest BCUT2D eigenvalue weighted by Crippen LogP contribution is -2.15. The molecule has 0 spiro atoms. The Labute approximate surface area is 195 Å². The van der Waals surface area contributed by atoms with Gasteiger partial charge in [-0.1, -0.05) is 78.9 Å². The Bertz CT molecular complexity index is 1430. The number of esters is 1. The molecule has 5 rings (SSSR count). The maximum atomic E-state index is 13.7. The Morgan fingerprint density at radius 1 is 0.818 bits per heavy atom. The van der Waals surface area contributed by atoms with E-state index in [9.17, 15) is 9.59 Å². The third kappa shape index (κ3) is 3.88. The lowest BCUT2D eigenvalue weighted by Gasteiger charge is -2.13. The van der Waals surface area contributed by atoms with Crippen molar-refractivity contribution < 1.29 is 14.3 Å². The van der Waals surface area contributed by atoms with Crippen LogP contribution in [0, 0.1) is 0 Å². The van der Waals surface area contributed by atoms with Crippen LogP contribution >= 0.6 is 11.3 Å². The Kier molecular flexibility index (Phi) is 5.63. The van der Waals surface area contributed by atoms with E-state index in [1.807, 2.05) is 84.2 Å². The van der Waals surface area contributed by atoms with Gasteiger partial charge in [-0.15, -0.1) is 11.3 Å². The van der Waals surface area contributed by atoms with Crippen molar-refractivity contribution in [3.05, 3.63) is 101 Å². The molecule has 0 saturated carbocycles. The molecule has 0 aliphatic heterocycles. The second-order valence-corrected chi connectivity index (χ2v) is 8.47. The van der Waals surface area contributed by atoms with Crippen LogP contribution in [0.4, 0.5) is 5.00 Å². The first kappa shape index (κ1) is 20.9. The summed E-state index contributed by atoms with van der Waals surface area (Å²) in [5.41, 5.74) is 2.61. The van der Waals surface area contributed by atoms with Crippen LogP contribution in [0.3, 0.4) is 0 Å². The SMILES string of the molecule is CCOC(=O)c1c(-c2ccccc2)csc1NC(=O)c1c2ccccc2cc2ccccc12. The minimum absolute atomic E-state index is 0.254. The fourth-order valence-electron chi connectivity index (χ4n) is 4.11. The van der Waals surface area contributed by atoms with Crippen molar-refractivity contribution in [3.63, 3.8) is 0 Å². The summed E-state index contributed by atoms with van der Waals surface area (Å²) in [6, 6.07) is 27.4. The standard InChI is InChI=1S/C28H21NO3S/c1-2-32-28(31)25-23(18-10-4-3-5-11-18)17-33-27(25)29-26(30)24-21-14-8-6-12-19(21)16-20-13-7-9-15-22(20)24/h3-17H,2H2,1H3,(H,29,30). The summed E-state index contributed by atoms with van der Waals surface area (Å²) in [6.45, 7) is 2.03. The fraction of sp³-hybridized carbons (Fsp3) is 0.0714. The van der Waals surface area contributed by atoms with Crippen LogP contribution in [0.5, 0.6) is 0 Å². The van der Waals surface area contributed by atoms with Gasteiger partial charge in [-0.2, -0.15) is 0 Å². The van der Waals surface area contributed by atoms with Gasteiger partial charge < -0.3 is 10.1 Å². The van der Waals surface area contributed by atoms with Crippen molar-refractivity contribution in [2.24, 2.45) is 0 Å². The van der Waals surface area contributed by atoms with Crippen LogP contribution in [0.25, 0.3) is 32.7 Å². The third-order valence-electron chi connectivity index (χ3n) is 5.58. The zero-order valence-electron chi connectivity index (χ0n) is 18.0. The van der Waals surface area contributed by atoms with E-state index in [4.69, 9.17) is 4.74 Å². The lowest BCUT2D eigenvalue weighted by molar-refractivity contribution is 0.0529. The molecule has 0 aliphatic carbocycles. The summed E-state index contributed by atoms with van der Waals surface area (Å²) in [7, 11) is 0. The van der Waals surface area contributed by atoms with Gasteiger partial charge in [-0.3, -0.25) is 4.79 Å². The summed E-state index contributed by atoms with van der Waals surface area (Å²) in [5, 5.41) is 9.10. The summed E-state index contributed by atoms with van der Waals surface area (Å²) in [4.78, 5) is 26.6. The number of hydrogen-bond donors (Lipinski definition) is 1. The number of anilines is 1. The molecular weight excluding hydrogens is 430 g/mol. The number of nitrogens with one attached hydrogen (secondary N) is 1. The smallest absolute Gasteiger partial charge is 0.341 e. The number of amides is 1. The number of thiophene rings is 1. The first-order chi connectivity index (χ1) is 16.2. The van der Waals surface area contributed by atoms with E-state index in [1.54, 1.807) is 6.92 Å². The van der Waals surface area contributed by atoms with E-state index in [1.165, 1.54) is 11.3 Å². The Morgan fingerprint density at radius 2 is 1.42 bits per heavy atom. The van der Waals surface area contributed by atoms with E-state index in [-0.39, 0.29) is 12.5 Å². The average Bonchev–Trinajstić information content (AvgIpc) is 3.26. The van der Waals surface area contributed by atoms with Crippen molar-refractivity contribution >= 4 is 49.8 Å². The molecule has 0 aliphatic rings. The summed E-state index contributed by atoms with van der Waals surface area (Å²) in [6.07, 6.45) is 0. The van der Waals surface area contributed by atoms with Crippen molar-refractivity contribution in [2.45, 2.75) is 6.92 Å². The predicted octanol–water partition coefficient (Wildman–Crippen LogP) is 7.15. The van der Waals surface area contributed by atoms with Gasteiger partial charge in [0, 0.05) is 10.9 Å². The first-order valence-electron chi connectivity index (χ1n) is 10.7. The molecule has 5 aromatic rings. The molecule has 0 fully saturated rings. The van der Waals surface area contributed by atoms with Gasteiger partial charge in [-0.25, -0.2) is 4.79 Å². The van der Waals surface area contributed by atoms with Crippen LogP contribution in [0.15, 0.2) is 90.3 Å². The number of ether oxygens (including phenoxy) is 1. The molecule has 5 heteroatoms. The average molecular weight is 452 g/mol. The monoisotopic (exact) mass is 451 g/mol. The van der Waals surface area contributed by atoms with Gasteiger partial charge in [0.2, 0.25) is 0 Å². The maximum absolute atomic E-state index is 13.7. The largest absolute Gasteiger partial charge is 0.462 e. The van der Waals surface area contributed by atoms with E-state index >= 15 is 0 Å². The predicted molar refractivity (Wildman–Crippen MR) is 135 cm³/mol. The number of fused-ring (bicyclic) bond motifs is 2. The van der Waals surface area contributed by atoms with E-state index in [0.29, 0.717) is 16.1 Å². The third-order valence-corrected chi connectivity index (χ3v) is 6.48. The zero-order chi connectivity index (χ0) is 22.8. The number of carbonyl (C=O) groups excluding carboxylic acids is 2. The minimum atomic E-state index is -0.448. The Balaban J connectivity index is 1.63. The van der Waals surface area contributed by atoms with Crippen molar-refractivity contribution in [1.82, 2.24) is 0 Å². The number of carbonyl (C=O) groups is 2. The van der Waals surface area contributed by atoms with Gasteiger partial charge in [-0.05, 0) is 40.1 Å². The molecule has 0 bridgehead atoms. The van der Waals surface area contributed by atoms with Gasteiger partial charge in [0.05, 0.1) is 12.2 Å². The maximum Gasteiger partial charge on any atom is 0.341 e. The molecule has 1 aromatic heterocycles. The molecule has 1 heterocycles. The molecule has 4 aromatic carbocycles. The van der Waals surface area contributed by atoms with Crippen LogP contribution in [0.2, 0.25) is 0 Å². The molecule has 33 heavy (non-hydrogen) atoms. The van der Waals surface area contributed by atoms with Crippen LogP contribution < -0.4 is 5.32 Å². The van der Waals surface area contributed by atoms with Gasteiger partial charge in [0.15, 0.2) is 0 Å². The zero-order valence-corrected chi connectivity index (χ0v) is 18.8.